The lowest BCUT2D eigenvalue weighted by Crippen LogP contribution is -2.47. The van der Waals surface area contributed by atoms with E-state index in [0.29, 0.717) is 5.54 Å². The van der Waals surface area contributed by atoms with Gasteiger partial charge in [0.25, 0.3) is 0 Å². The first-order chi connectivity index (χ1) is 8.78. The highest BCUT2D eigenvalue weighted by atomic mass is 15.1. The van der Waals surface area contributed by atoms with Crippen LogP contribution in [-0.4, -0.2) is 37.1 Å². The number of rotatable bonds is 7. The van der Waals surface area contributed by atoms with Crippen molar-refractivity contribution in [1.82, 2.24) is 10.2 Å². The van der Waals surface area contributed by atoms with E-state index in [9.17, 15) is 0 Å². The monoisotopic (exact) mass is 248 g/mol. The Bertz CT molecular complexity index is 282. The fourth-order valence-corrected chi connectivity index (χ4v) is 3.26. The van der Waals surface area contributed by atoms with Gasteiger partial charge in [-0.2, -0.15) is 0 Å². The Morgan fingerprint density at radius 1 is 1.28 bits per heavy atom. The molecular formula is C16H28N2. The second-order valence-corrected chi connectivity index (χ2v) is 6.22. The summed E-state index contributed by atoms with van der Waals surface area (Å²) in [5.74, 6) is 3.76. The summed E-state index contributed by atoms with van der Waals surface area (Å²) in [6, 6.07) is 0. The van der Waals surface area contributed by atoms with Gasteiger partial charge >= 0.3 is 0 Å². The van der Waals surface area contributed by atoms with Crippen LogP contribution in [0.25, 0.3) is 0 Å². The molecule has 0 amide bonds. The highest BCUT2D eigenvalue weighted by molar-refractivity contribution is 4.94. The van der Waals surface area contributed by atoms with Crippen LogP contribution < -0.4 is 5.32 Å². The van der Waals surface area contributed by atoms with Gasteiger partial charge in [0.15, 0.2) is 0 Å². The van der Waals surface area contributed by atoms with E-state index in [1.807, 2.05) is 0 Å². The van der Waals surface area contributed by atoms with Gasteiger partial charge in [0.2, 0.25) is 0 Å². The van der Waals surface area contributed by atoms with E-state index in [-0.39, 0.29) is 0 Å². The van der Waals surface area contributed by atoms with Crippen LogP contribution in [-0.2, 0) is 0 Å². The summed E-state index contributed by atoms with van der Waals surface area (Å²) < 4.78 is 0. The molecule has 0 saturated heterocycles. The highest BCUT2D eigenvalue weighted by Gasteiger charge is 2.31. The second-order valence-electron chi connectivity index (χ2n) is 6.22. The van der Waals surface area contributed by atoms with E-state index in [1.165, 1.54) is 64.5 Å². The van der Waals surface area contributed by atoms with Crippen LogP contribution in [0, 0.1) is 18.3 Å². The van der Waals surface area contributed by atoms with E-state index in [4.69, 9.17) is 6.42 Å². The first-order valence-corrected chi connectivity index (χ1v) is 7.63. The molecule has 0 aromatic heterocycles. The summed E-state index contributed by atoms with van der Waals surface area (Å²) in [6.45, 7) is 3.22. The highest BCUT2D eigenvalue weighted by Crippen LogP contribution is 2.32. The summed E-state index contributed by atoms with van der Waals surface area (Å²) in [5, 5.41) is 3.61. The molecular weight excluding hydrogens is 220 g/mol. The number of nitrogens with one attached hydrogen (secondary N) is 1. The Balaban J connectivity index is 1.80. The van der Waals surface area contributed by atoms with Crippen LogP contribution in [0.3, 0.4) is 0 Å². The molecule has 0 aromatic carbocycles. The van der Waals surface area contributed by atoms with Gasteiger partial charge in [0.05, 0.1) is 6.54 Å². The molecule has 2 rings (SSSR count). The number of hydrogen-bond donors (Lipinski definition) is 1. The van der Waals surface area contributed by atoms with Gasteiger partial charge in [-0.25, -0.2) is 0 Å². The van der Waals surface area contributed by atoms with Crippen molar-refractivity contribution in [2.24, 2.45) is 5.92 Å². The minimum atomic E-state index is 0.397. The molecule has 0 spiro atoms. The first-order valence-electron chi connectivity index (χ1n) is 7.63. The molecule has 2 fully saturated rings. The van der Waals surface area contributed by atoms with Gasteiger partial charge in [0.1, 0.15) is 0 Å². The fraction of sp³-hybridized carbons (Fsp3) is 0.875. The molecule has 2 nitrogen and oxygen atoms in total. The van der Waals surface area contributed by atoms with Crippen LogP contribution in [0.1, 0.15) is 51.4 Å². The van der Waals surface area contributed by atoms with Crippen LogP contribution in [0.15, 0.2) is 0 Å². The minimum absolute atomic E-state index is 0.397. The lowest BCUT2D eigenvalue weighted by Gasteiger charge is -2.38. The van der Waals surface area contributed by atoms with Crippen molar-refractivity contribution in [3.8, 4) is 12.3 Å². The van der Waals surface area contributed by atoms with Gasteiger partial charge in [-0.15, -0.1) is 6.42 Å². The molecule has 0 radical (unpaired) electrons. The van der Waals surface area contributed by atoms with E-state index in [0.717, 1.165) is 12.5 Å². The van der Waals surface area contributed by atoms with E-state index in [1.54, 1.807) is 0 Å². The predicted octanol–water partition coefficient (Wildman–Crippen LogP) is 2.64. The number of nitrogens with zero attached hydrogens (tertiary/aromatic N) is 1. The standard InChI is InChI=1S/C16H28N2/c1-3-12-18(14-15-7-8-15)13-11-16(17-2)9-5-4-6-10-16/h1,15,17H,4-14H2,2H3. The molecule has 0 heterocycles. The lowest BCUT2D eigenvalue weighted by molar-refractivity contribution is 0.187. The zero-order chi connectivity index (χ0) is 12.8. The van der Waals surface area contributed by atoms with Gasteiger partial charge < -0.3 is 5.32 Å². The number of terminal acetylenes is 1. The van der Waals surface area contributed by atoms with Crippen LogP contribution in [0.4, 0.5) is 0 Å². The molecule has 2 saturated carbocycles. The number of hydrogen-bond acceptors (Lipinski definition) is 2. The maximum atomic E-state index is 5.49. The average molecular weight is 248 g/mol. The third-order valence-electron chi connectivity index (χ3n) is 4.78. The third kappa shape index (κ3) is 4.00. The van der Waals surface area contributed by atoms with Crippen molar-refractivity contribution < 1.29 is 0 Å². The molecule has 0 aliphatic heterocycles. The summed E-state index contributed by atoms with van der Waals surface area (Å²) in [5.41, 5.74) is 0.397. The topological polar surface area (TPSA) is 15.3 Å². The second kappa shape index (κ2) is 6.59. The quantitative estimate of drug-likeness (QED) is 0.697. The largest absolute Gasteiger partial charge is 0.314 e. The zero-order valence-corrected chi connectivity index (χ0v) is 11.9. The van der Waals surface area contributed by atoms with E-state index < -0.39 is 0 Å². The third-order valence-corrected chi connectivity index (χ3v) is 4.78. The Morgan fingerprint density at radius 2 is 2.00 bits per heavy atom. The molecule has 0 atom stereocenters. The maximum absolute atomic E-state index is 5.49. The molecule has 2 aliphatic rings. The van der Waals surface area contributed by atoms with E-state index >= 15 is 0 Å². The molecule has 0 bridgehead atoms. The van der Waals surface area contributed by atoms with Crippen molar-refractivity contribution in [2.45, 2.75) is 56.9 Å². The van der Waals surface area contributed by atoms with Crippen molar-refractivity contribution in [3.63, 3.8) is 0 Å². The summed E-state index contributed by atoms with van der Waals surface area (Å²) in [7, 11) is 2.14. The molecule has 102 valence electrons. The zero-order valence-electron chi connectivity index (χ0n) is 11.9. The predicted molar refractivity (Wildman–Crippen MR) is 77.5 cm³/mol. The van der Waals surface area contributed by atoms with Gasteiger partial charge in [-0.05, 0) is 45.1 Å². The van der Waals surface area contributed by atoms with Crippen molar-refractivity contribution in [2.75, 3.05) is 26.7 Å². The molecule has 0 unspecified atom stereocenters. The molecule has 1 N–H and O–H groups in total. The summed E-state index contributed by atoms with van der Waals surface area (Å²) in [6.07, 6.45) is 16.5. The van der Waals surface area contributed by atoms with Crippen LogP contribution in [0.5, 0.6) is 0 Å². The summed E-state index contributed by atoms with van der Waals surface area (Å²) in [4.78, 5) is 2.49. The normalized spacial score (nSPS) is 22.9. The van der Waals surface area contributed by atoms with Gasteiger partial charge in [-0.1, -0.05) is 25.2 Å². The Morgan fingerprint density at radius 3 is 2.56 bits per heavy atom. The molecule has 2 heteroatoms. The lowest BCUT2D eigenvalue weighted by atomic mass is 9.79. The van der Waals surface area contributed by atoms with Crippen molar-refractivity contribution >= 4 is 0 Å². The molecule has 2 aliphatic carbocycles. The first kappa shape index (κ1) is 13.9. The SMILES string of the molecule is C#CCN(CCC1(NC)CCCCC1)CC1CC1. The minimum Gasteiger partial charge on any atom is -0.314 e. The Labute approximate surface area is 113 Å². The van der Waals surface area contributed by atoms with Crippen LogP contribution >= 0.6 is 0 Å². The fourth-order valence-electron chi connectivity index (χ4n) is 3.26. The van der Waals surface area contributed by atoms with Gasteiger partial charge in [-0.3, -0.25) is 4.90 Å². The van der Waals surface area contributed by atoms with Crippen molar-refractivity contribution in [3.05, 3.63) is 0 Å². The smallest absolute Gasteiger partial charge is 0.0599 e. The maximum Gasteiger partial charge on any atom is 0.0599 e. The Hall–Kier alpha value is -0.520. The van der Waals surface area contributed by atoms with Gasteiger partial charge in [0, 0.05) is 18.6 Å². The van der Waals surface area contributed by atoms with Crippen molar-refractivity contribution in [1.29, 1.82) is 0 Å². The summed E-state index contributed by atoms with van der Waals surface area (Å²) >= 11 is 0. The van der Waals surface area contributed by atoms with E-state index in [2.05, 4.69) is 23.2 Å². The molecule has 0 aromatic rings. The van der Waals surface area contributed by atoms with Crippen LogP contribution in [0.2, 0.25) is 0 Å². The Kier molecular flexibility index (Phi) is 5.09. The average Bonchev–Trinajstić information content (AvgIpc) is 3.21. The molecule has 18 heavy (non-hydrogen) atoms.